The van der Waals surface area contributed by atoms with Crippen LogP contribution in [0.2, 0.25) is 0 Å². The number of aromatic nitrogens is 1. The van der Waals surface area contributed by atoms with Gasteiger partial charge in [-0.05, 0) is 19.1 Å². The minimum atomic E-state index is -1.19. The lowest BCUT2D eigenvalue weighted by Crippen LogP contribution is -2.32. The third-order valence-electron chi connectivity index (χ3n) is 4.58. The van der Waals surface area contributed by atoms with Crippen LogP contribution in [0.25, 0.3) is 10.2 Å². The number of aliphatic carboxylic acids is 1. The number of carbonyl (C=O) groups is 3. The maximum Gasteiger partial charge on any atom is 0.322 e. The molecule has 3 rings (SSSR count). The van der Waals surface area contributed by atoms with Crippen LogP contribution in [-0.2, 0) is 25.7 Å². The van der Waals surface area contributed by atoms with Gasteiger partial charge in [-0.25, -0.2) is 4.98 Å². The van der Waals surface area contributed by atoms with E-state index in [1.807, 2.05) is 24.3 Å². The average Bonchev–Trinajstić information content (AvgIpc) is 3.17. The Morgan fingerprint density at radius 3 is 2.80 bits per heavy atom. The largest absolute Gasteiger partial charge is 0.507 e. The average molecular weight is 431 g/mol. The van der Waals surface area contributed by atoms with E-state index < -0.39 is 18.4 Å². The number of ether oxygens (including phenoxy) is 1. The lowest BCUT2D eigenvalue weighted by atomic mass is 10.0. The fourth-order valence-electron chi connectivity index (χ4n) is 3.04. The summed E-state index contributed by atoms with van der Waals surface area (Å²) in [5, 5.41) is 22.3. The maximum absolute atomic E-state index is 12.1. The summed E-state index contributed by atoms with van der Waals surface area (Å²) in [5.41, 5.74) is 1.67. The standard InChI is InChI=1S/C20H21N3O6S/c1-12(20(28)21-8-18(25)26)19(27)13-6-7-29-10-15(13)23(11-24)9-17-22-14-4-2-3-5-16(14)30-17/h2-5,11,27H,6-10H2,1H3,(H,21,28)(H,25,26)/b19-12-. The summed E-state index contributed by atoms with van der Waals surface area (Å²) in [6, 6.07) is 7.64. The highest BCUT2D eigenvalue weighted by Crippen LogP contribution is 2.28. The molecule has 0 atom stereocenters. The lowest BCUT2D eigenvalue weighted by molar-refractivity contribution is -0.137. The van der Waals surface area contributed by atoms with Crippen molar-refractivity contribution in [2.24, 2.45) is 0 Å². The van der Waals surface area contributed by atoms with Gasteiger partial charge < -0.3 is 25.2 Å². The Morgan fingerprint density at radius 2 is 2.10 bits per heavy atom. The molecule has 0 radical (unpaired) electrons. The minimum Gasteiger partial charge on any atom is -0.507 e. The summed E-state index contributed by atoms with van der Waals surface area (Å²) >= 11 is 1.47. The van der Waals surface area contributed by atoms with Crippen molar-refractivity contribution in [3.8, 4) is 0 Å². The highest BCUT2D eigenvalue weighted by Gasteiger charge is 2.25. The molecule has 0 saturated carbocycles. The smallest absolute Gasteiger partial charge is 0.322 e. The minimum absolute atomic E-state index is 0.0310. The van der Waals surface area contributed by atoms with Crippen molar-refractivity contribution in [3.05, 3.63) is 51.9 Å². The first-order valence-electron chi connectivity index (χ1n) is 9.17. The fraction of sp³-hybridized carbons (Fsp3) is 0.300. The van der Waals surface area contributed by atoms with Crippen LogP contribution in [0.4, 0.5) is 0 Å². The molecule has 1 aliphatic rings. The first kappa shape index (κ1) is 21.5. The first-order valence-corrected chi connectivity index (χ1v) is 9.98. The second kappa shape index (κ2) is 9.51. The molecular formula is C20H21N3O6S. The molecule has 2 aromatic rings. The van der Waals surface area contributed by atoms with E-state index in [0.717, 1.165) is 15.2 Å². The van der Waals surface area contributed by atoms with E-state index in [4.69, 9.17) is 9.84 Å². The van der Waals surface area contributed by atoms with Crippen LogP contribution in [0, 0.1) is 0 Å². The predicted molar refractivity (Wildman–Crippen MR) is 110 cm³/mol. The van der Waals surface area contributed by atoms with Gasteiger partial charge in [0.05, 0.1) is 41.2 Å². The number of fused-ring (bicyclic) bond motifs is 1. The van der Waals surface area contributed by atoms with Crippen LogP contribution < -0.4 is 5.32 Å². The second-order valence-corrected chi connectivity index (χ2v) is 7.70. The van der Waals surface area contributed by atoms with Crippen molar-refractivity contribution >= 4 is 39.8 Å². The molecule has 2 heterocycles. The molecule has 0 bridgehead atoms. The SMILES string of the molecule is C/C(C(=O)NCC(=O)O)=C(/O)C1=C(N(C=O)Cc2nc3ccccc3s2)COCC1. The number of carbonyl (C=O) groups excluding carboxylic acids is 2. The molecule has 3 N–H and O–H groups in total. The van der Waals surface area contributed by atoms with Crippen molar-refractivity contribution in [2.45, 2.75) is 19.9 Å². The van der Waals surface area contributed by atoms with Crippen LogP contribution in [0.15, 0.2) is 46.9 Å². The highest BCUT2D eigenvalue weighted by molar-refractivity contribution is 7.18. The first-order chi connectivity index (χ1) is 14.4. The van der Waals surface area contributed by atoms with Gasteiger partial charge in [0.2, 0.25) is 6.41 Å². The second-order valence-electron chi connectivity index (χ2n) is 6.59. The van der Waals surface area contributed by atoms with Crippen molar-refractivity contribution in [1.82, 2.24) is 15.2 Å². The normalized spacial score (nSPS) is 15.0. The van der Waals surface area contributed by atoms with E-state index in [1.165, 1.54) is 23.2 Å². The summed E-state index contributed by atoms with van der Waals surface area (Å²) in [7, 11) is 0. The Bertz CT molecular complexity index is 1010. The van der Waals surface area contributed by atoms with E-state index in [-0.39, 0.29) is 24.5 Å². The number of hydrogen-bond donors (Lipinski definition) is 3. The van der Waals surface area contributed by atoms with Gasteiger partial charge in [0.15, 0.2) is 0 Å². The van der Waals surface area contributed by atoms with Gasteiger partial charge in [0.25, 0.3) is 5.91 Å². The van der Waals surface area contributed by atoms with Gasteiger partial charge in [-0.2, -0.15) is 0 Å². The Balaban J connectivity index is 1.90. The third-order valence-corrected chi connectivity index (χ3v) is 5.60. The number of thiazole rings is 1. The molecule has 10 heteroatoms. The number of amides is 2. The number of carboxylic acid groups (broad SMARTS) is 1. The number of benzene rings is 1. The molecule has 2 amide bonds. The van der Waals surface area contributed by atoms with Crippen LogP contribution in [-0.4, -0.2) is 58.1 Å². The number of carboxylic acids is 1. The summed E-state index contributed by atoms with van der Waals surface area (Å²) in [4.78, 5) is 40.6. The van der Waals surface area contributed by atoms with Gasteiger partial charge in [-0.3, -0.25) is 14.4 Å². The van der Waals surface area contributed by atoms with Crippen molar-refractivity contribution in [2.75, 3.05) is 19.8 Å². The number of hydrogen-bond acceptors (Lipinski definition) is 7. The number of allylic oxidation sites excluding steroid dienone is 1. The summed E-state index contributed by atoms with van der Waals surface area (Å²) in [6.45, 7) is 1.44. The number of para-hydroxylation sites is 1. The summed E-state index contributed by atoms with van der Waals surface area (Å²) in [6.07, 6.45) is 0.943. The molecule has 0 unspecified atom stereocenters. The number of nitrogens with one attached hydrogen (secondary N) is 1. The summed E-state index contributed by atoms with van der Waals surface area (Å²) in [5.74, 6) is -2.17. The van der Waals surface area contributed by atoms with E-state index >= 15 is 0 Å². The Kier molecular flexibility index (Phi) is 6.80. The zero-order chi connectivity index (χ0) is 21.7. The Hall–Kier alpha value is -3.24. The van der Waals surface area contributed by atoms with E-state index in [1.54, 1.807) is 0 Å². The summed E-state index contributed by atoms with van der Waals surface area (Å²) < 4.78 is 6.47. The molecule has 9 nitrogen and oxygen atoms in total. The molecule has 0 spiro atoms. The van der Waals surface area contributed by atoms with Crippen LogP contribution in [0.5, 0.6) is 0 Å². The maximum atomic E-state index is 12.1. The Labute approximate surface area is 176 Å². The van der Waals surface area contributed by atoms with Gasteiger partial charge >= 0.3 is 5.97 Å². The van der Waals surface area contributed by atoms with E-state index in [0.29, 0.717) is 30.7 Å². The van der Waals surface area contributed by atoms with Crippen molar-refractivity contribution < 1.29 is 29.3 Å². The fourth-order valence-corrected chi connectivity index (χ4v) is 4.00. The lowest BCUT2D eigenvalue weighted by Gasteiger charge is -2.27. The van der Waals surface area contributed by atoms with Crippen molar-refractivity contribution in [1.29, 1.82) is 0 Å². The van der Waals surface area contributed by atoms with Crippen LogP contribution in [0.1, 0.15) is 18.4 Å². The van der Waals surface area contributed by atoms with Gasteiger partial charge in [-0.15, -0.1) is 11.3 Å². The predicted octanol–water partition coefficient (Wildman–Crippen LogP) is 1.96. The number of nitrogens with zero attached hydrogens (tertiary/aromatic N) is 2. The zero-order valence-corrected chi connectivity index (χ0v) is 17.1. The monoisotopic (exact) mass is 431 g/mol. The Morgan fingerprint density at radius 1 is 1.33 bits per heavy atom. The van der Waals surface area contributed by atoms with E-state index in [9.17, 15) is 19.5 Å². The van der Waals surface area contributed by atoms with Crippen LogP contribution >= 0.6 is 11.3 Å². The molecule has 1 aromatic carbocycles. The molecule has 30 heavy (non-hydrogen) atoms. The topological polar surface area (TPSA) is 129 Å². The molecule has 0 saturated heterocycles. The van der Waals surface area contributed by atoms with Crippen LogP contribution in [0.3, 0.4) is 0 Å². The third kappa shape index (κ3) is 4.84. The molecule has 1 aliphatic heterocycles. The quantitative estimate of drug-likeness (QED) is 0.331. The van der Waals surface area contributed by atoms with Gasteiger partial charge in [0.1, 0.15) is 17.3 Å². The number of rotatable bonds is 8. The zero-order valence-electron chi connectivity index (χ0n) is 16.3. The molecular weight excluding hydrogens is 410 g/mol. The van der Waals surface area contributed by atoms with Gasteiger partial charge in [-0.1, -0.05) is 12.1 Å². The number of aliphatic hydroxyl groups excluding tert-OH is 1. The molecule has 158 valence electrons. The molecule has 0 aliphatic carbocycles. The van der Waals surface area contributed by atoms with E-state index in [2.05, 4.69) is 10.3 Å². The van der Waals surface area contributed by atoms with Gasteiger partial charge in [0, 0.05) is 12.0 Å². The molecule has 1 aromatic heterocycles. The number of aliphatic hydroxyl groups is 1. The van der Waals surface area contributed by atoms with Crippen molar-refractivity contribution in [3.63, 3.8) is 0 Å². The molecule has 0 fully saturated rings. The highest BCUT2D eigenvalue weighted by atomic mass is 32.1.